The Balaban J connectivity index is 1.89. The van der Waals surface area contributed by atoms with E-state index in [1.165, 1.54) is 5.56 Å². The van der Waals surface area contributed by atoms with Crippen molar-refractivity contribution in [2.45, 2.75) is 19.4 Å². The molecule has 0 aliphatic heterocycles. The summed E-state index contributed by atoms with van der Waals surface area (Å²) in [6.45, 7) is 1.49. The van der Waals surface area contributed by atoms with E-state index in [0.29, 0.717) is 6.54 Å². The molecule has 19 heavy (non-hydrogen) atoms. The normalized spacial score (nSPS) is 10.4. The van der Waals surface area contributed by atoms with Gasteiger partial charge in [0, 0.05) is 26.3 Å². The number of nitrogens with zero attached hydrogens (tertiary/aromatic N) is 2. The Bertz CT molecular complexity index is 496. The number of rotatable bonds is 6. The molecule has 0 aliphatic carbocycles. The Morgan fingerprint density at radius 1 is 1.11 bits per heavy atom. The minimum Gasteiger partial charge on any atom is -0.373 e. The van der Waals surface area contributed by atoms with Gasteiger partial charge in [0.25, 0.3) is 0 Å². The SMILES string of the molecule is CN(CCCc1ccccc1)c1cccnc1CN. The van der Waals surface area contributed by atoms with Crippen molar-refractivity contribution < 1.29 is 0 Å². The highest BCUT2D eigenvalue weighted by Gasteiger charge is 2.06. The van der Waals surface area contributed by atoms with Crippen molar-refractivity contribution in [2.24, 2.45) is 5.73 Å². The average molecular weight is 255 g/mol. The Morgan fingerprint density at radius 2 is 1.89 bits per heavy atom. The van der Waals surface area contributed by atoms with E-state index in [0.717, 1.165) is 30.8 Å². The standard InChI is InChI=1S/C16H21N3/c1-19(16-10-5-11-18-15(16)13-17)12-6-9-14-7-3-2-4-8-14/h2-5,7-8,10-11H,6,9,12-13,17H2,1H3. The third-order valence-corrected chi connectivity index (χ3v) is 3.27. The maximum Gasteiger partial charge on any atom is 0.0772 e. The van der Waals surface area contributed by atoms with E-state index in [-0.39, 0.29) is 0 Å². The molecular formula is C16H21N3. The van der Waals surface area contributed by atoms with Crippen molar-refractivity contribution in [1.29, 1.82) is 0 Å². The Hall–Kier alpha value is -1.87. The van der Waals surface area contributed by atoms with Crippen LogP contribution in [0.4, 0.5) is 5.69 Å². The largest absolute Gasteiger partial charge is 0.373 e. The lowest BCUT2D eigenvalue weighted by Gasteiger charge is -2.21. The molecule has 3 heteroatoms. The van der Waals surface area contributed by atoms with Gasteiger partial charge in [-0.25, -0.2) is 0 Å². The number of aryl methyl sites for hydroxylation is 1. The van der Waals surface area contributed by atoms with Crippen molar-refractivity contribution in [3.05, 3.63) is 59.9 Å². The molecule has 0 saturated heterocycles. The molecule has 0 unspecified atom stereocenters. The van der Waals surface area contributed by atoms with Gasteiger partial charge in [-0.1, -0.05) is 30.3 Å². The Morgan fingerprint density at radius 3 is 2.63 bits per heavy atom. The zero-order chi connectivity index (χ0) is 13.5. The molecule has 100 valence electrons. The summed E-state index contributed by atoms with van der Waals surface area (Å²) in [7, 11) is 2.10. The molecule has 2 rings (SSSR count). The van der Waals surface area contributed by atoms with Gasteiger partial charge in [-0.15, -0.1) is 0 Å². The van der Waals surface area contributed by atoms with Crippen LogP contribution in [-0.2, 0) is 13.0 Å². The Labute approximate surface area is 115 Å². The van der Waals surface area contributed by atoms with E-state index in [1.807, 2.05) is 6.07 Å². The highest BCUT2D eigenvalue weighted by Crippen LogP contribution is 2.16. The van der Waals surface area contributed by atoms with Crippen molar-refractivity contribution in [3.63, 3.8) is 0 Å². The van der Waals surface area contributed by atoms with Crippen LogP contribution in [0.25, 0.3) is 0 Å². The second-order valence-electron chi connectivity index (χ2n) is 4.68. The maximum absolute atomic E-state index is 5.72. The molecule has 0 aliphatic rings. The van der Waals surface area contributed by atoms with Crippen LogP contribution in [-0.4, -0.2) is 18.6 Å². The van der Waals surface area contributed by atoms with Crippen LogP contribution in [0.3, 0.4) is 0 Å². The summed E-state index contributed by atoms with van der Waals surface area (Å²) in [5, 5.41) is 0. The van der Waals surface area contributed by atoms with E-state index < -0.39 is 0 Å². The van der Waals surface area contributed by atoms with Gasteiger partial charge in [0.2, 0.25) is 0 Å². The molecule has 0 fully saturated rings. The van der Waals surface area contributed by atoms with Gasteiger partial charge in [0.05, 0.1) is 11.4 Å². The zero-order valence-corrected chi connectivity index (χ0v) is 11.4. The number of anilines is 1. The number of aromatic nitrogens is 1. The van der Waals surface area contributed by atoms with Gasteiger partial charge in [0.1, 0.15) is 0 Å². The molecule has 0 amide bonds. The number of hydrogen-bond donors (Lipinski definition) is 1. The predicted octanol–water partition coefficient (Wildman–Crippen LogP) is 2.61. The summed E-state index contributed by atoms with van der Waals surface area (Å²) in [4.78, 5) is 6.55. The van der Waals surface area contributed by atoms with Gasteiger partial charge >= 0.3 is 0 Å². The molecule has 0 spiro atoms. The van der Waals surface area contributed by atoms with Crippen molar-refractivity contribution >= 4 is 5.69 Å². The molecule has 0 atom stereocenters. The first kappa shape index (κ1) is 13.6. The second kappa shape index (κ2) is 6.90. The minimum absolute atomic E-state index is 0.485. The molecule has 0 bridgehead atoms. The predicted molar refractivity (Wildman–Crippen MR) is 80.2 cm³/mol. The third kappa shape index (κ3) is 3.80. The molecule has 2 aromatic rings. The zero-order valence-electron chi connectivity index (χ0n) is 11.4. The second-order valence-corrected chi connectivity index (χ2v) is 4.68. The quantitative estimate of drug-likeness (QED) is 0.862. The summed E-state index contributed by atoms with van der Waals surface area (Å²) >= 11 is 0. The van der Waals surface area contributed by atoms with Gasteiger partial charge in [-0.05, 0) is 30.5 Å². The van der Waals surface area contributed by atoms with Gasteiger partial charge in [-0.3, -0.25) is 4.98 Å². The summed E-state index contributed by atoms with van der Waals surface area (Å²) < 4.78 is 0. The summed E-state index contributed by atoms with van der Waals surface area (Å²) in [6, 6.07) is 14.6. The third-order valence-electron chi connectivity index (χ3n) is 3.27. The first-order valence-electron chi connectivity index (χ1n) is 6.70. The smallest absolute Gasteiger partial charge is 0.0772 e. The van der Waals surface area contributed by atoms with Gasteiger partial charge in [0.15, 0.2) is 0 Å². The van der Waals surface area contributed by atoms with Crippen LogP contribution in [0.1, 0.15) is 17.7 Å². The molecule has 0 saturated carbocycles. The minimum atomic E-state index is 0.485. The highest BCUT2D eigenvalue weighted by atomic mass is 15.1. The van der Waals surface area contributed by atoms with E-state index in [2.05, 4.69) is 53.3 Å². The lowest BCUT2D eigenvalue weighted by atomic mass is 10.1. The van der Waals surface area contributed by atoms with Crippen LogP contribution in [0.2, 0.25) is 0 Å². The van der Waals surface area contributed by atoms with Gasteiger partial charge < -0.3 is 10.6 Å². The maximum atomic E-state index is 5.72. The number of benzene rings is 1. The van der Waals surface area contributed by atoms with Crippen molar-refractivity contribution in [1.82, 2.24) is 4.98 Å². The first-order valence-corrected chi connectivity index (χ1v) is 6.70. The van der Waals surface area contributed by atoms with E-state index in [1.54, 1.807) is 6.20 Å². The average Bonchev–Trinajstić information content (AvgIpc) is 2.48. The molecule has 2 N–H and O–H groups in total. The highest BCUT2D eigenvalue weighted by molar-refractivity contribution is 5.49. The molecule has 3 nitrogen and oxygen atoms in total. The van der Waals surface area contributed by atoms with E-state index >= 15 is 0 Å². The Kier molecular flexibility index (Phi) is 4.93. The van der Waals surface area contributed by atoms with Crippen molar-refractivity contribution in [2.75, 3.05) is 18.5 Å². The van der Waals surface area contributed by atoms with Gasteiger partial charge in [-0.2, -0.15) is 0 Å². The molecule has 1 aromatic heterocycles. The van der Waals surface area contributed by atoms with Crippen molar-refractivity contribution in [3.8, 4) is 0 Å². The fraction of sp³-hybridized carbons (Fsp3) is 0.312. The molecule has 0 radical (unpaired) electrons. The molecule has 1 heterocycles. The fourth-order valence-electron chi connectivity index (χ4n) is 2.22. The lowest BCUT2D eigenvalue weighted by molar-refractivity contribution is 0.777. The van der Waals surface area contributed by atoms with E-state index in [4.69, 9.17) is 5.73 Å². The van der Waals surface area contributed by atoms with Crippen LogP contribution >= 0.6 is 0 Å². The summed E-state index contributed by atoms with van der Waals surface area (Å²) in [5.74, 6) is 0. The molecule has 1 aromatic carbocycles. The van der Waals surface area contributed by atoms with E-state index in [9.17, 15) is 0 Å². The summed E-state index contributed by atoms with van der Waals surface area (Å²) in [5.41, 5.74) is 9.21. The fourth-order valence-corrected chi connectivity index (χ4v) is 2.22. The summed E-state index contributed by atoms with van der Waals surface area (Å²) in [6.07, 6.45) is 4.02. The van der Waals surface area contributed by atoms with Crippen LogP contribution < -0.4 is 10.6 Å². The first-order chi connectivity index (χ1) is 9.31. The number of nitrogens with two attached hydrogens (primary N) is 1. The topological polar surface area (TPSA) is 42.2 Å². The van der Waals surface area contributed by atoms with Crippen LogP contribution in [0.15, 0.2) is 48.7 Å². The lowest BCUT2D eigenvalue weighted by Crippen LogP contribution is -2.21. The molecular weight excluding hydrogens is 234 g/mol. The number of hydrogen-bond acceptors (Lipinski definition) is 3. The van der Waals surface area contributed by atoms with Crippen LogP contribution in [0, 0.1) is 0 Å². The monoisotopic (exact) mass is 255 g/mol. The number of pyridine rings is 1. The van der Waals surface area contributed by atoms with Crippen LogP contribution in [0.5, 0.6) is 0 Å².